The van der Waals surface area contributed by atoms with Crippen LogP contribution in [-0.2, 0) is 0 Å². The Kier molecular flexibility index (Phi) is 4.82. The molecule has 0 unspecified atom stereocenters. The Balaban J connectivity index is 1.84. The first-order chi connectivity index (χ1) is 9.48. The van der Waals surface area contributed by atoms with Crippen LogP contribution in [0.3, 0.4) is 0 Å². The second-order valence-electron chi connectivity index (χ2n) is 4.77. The maximum atomic E-state index is 13.0. The number of hydrogen-bond acceptors (Lipinski definition) is 3. The summed E-state index contributed by atoms with van der Waals surface area (Å²) in [4.78, 5) is 11.6. The molecular formula is C13H16F2N2O2S. The number of anilines is 1. The molecule has 3 N–H and O–H groups in total. The van der Waals surface area contributed by atoms with Crippen LogP contribution in [0.5, 0.6) is 0 Å². The highest BCUT2D eigenvalue weighted by Crippen LogP contribution is 2.26. The second-order valence-corrected chi connectivity index (χ2v) is 6.00. The topological polar surface area (TPSA) is 61.4 Å². The smallest absolute Gasteiger partial charge is 0.319 e. The van der Waals surface area contributed by atoms with E-state index in [1.165, 1.54) is 6.07 Å². The first-order valence-corrected chi connectivity index (χ1v) is 7.44. The fourth-order valence-electron chi connectivity index (χ4n) is 1.92. The van der Waals surface area contributed by atoms with Gasteiger partial charge in [0.15, 0.2) is 11.6 Å². The van der Waals surface area contributed by atoms with Crippen LogP contribution in [0.2, 0.25) is 0 Å². The number of hydrogen-bond donors (Lipinski definition) is 3. The number of rotatable bonds is 3. The second kappa shape index (κ2) is 6.41. The number of nitrogens with one attached hydrogen (secondary N) is 2. The summed E-state index contributed by atoms with van der Waals surface area (Å²) >= 11 is 1.77. The lowest BCUT2D eigenvalue weighted by Gasteiger charge is -2.31. The molecule has 0 bridgehead atoms. The molecule has 20 heavy (non-hydrogen) atoms. The number of carbonyl (C=O) groups is 1. The van der Waals surface area contributed by atoms with Crippen molar-refractivity contribution in [3.05, 3.63) is 29.8 Å². The summed E-state index contributed by atoms with van der Waals surface area (Å²) in [6.45, 7) is 0.142. The van der Waals surface area contributed by atoms with Gasteiger partial charge in [0.25, 0.3) is 0 Å². The Labute approximate surface area is 119 Å². The van der Waals surface area contributed by atoms with E-state index >= 15 is 0 Å². The third-order valence-electron chi connectivity index (χ3n) is 3.18. The van der Waals surface area contributed by atoms with Gasteiger partial charge in [0.1, 0.15) is 0 Å². The fraction of sp³-hybridized carbons (Fsp3) is 0.462. The lowest BCUT2D eigenvalue weighted by atomic mass is 9.97. The van der Waals surface area contributed by atoms with Gasteiger partial charge >= 0.3 is 6.03 Å². The normalized spacial score (nSPS) is 17.6. The molecule has 1 aliphatic heterocycles. The molecular weight excluding hydrogens is 286 g/mol. The highest BCUT2D eigenvalue weighted by molar-refractivity contribution is 7.99. The number of amides is 2. The molecule has 0 atom stereocenters. The maximum Gasteiger partial charge on any atom is 0.319 e. The van der Waals surface area contributed by atoms with Gasteiger partial charge < -0.3 is 15.7 Å². The van der Waals surface area contributed by atoms with Crippen molar-refractivity contribution in [1.82, 2.24) is 5.32 Å². The molecule has 1 aromatic carbocycles. The van der Waals surface area contributed by atoms with Gasteiger partial charge in [0, 0.05) is 18.3 Å². The van der Waals surface area contributed by atoms with Gasteiger partial charge in [-0.2, -0.15) is 11.8 Å². The van der Waals surface area contributed by atoms with E-state index < -0.39 is 23.3 Å². The van der Waals surface area contributed by atoms with E-state index in [9.17, 15) is 18.7 Å². The van der Waals surface area contributed by atoms with Crippen molar-refractivity contribution < 1.29 is 18.7 Å². The molecule has 7 heteroatoms. The molecule has 1 fully saturated rings. The van der Waals surface area contributed by atoms with E-state index in [-0.39, 0.29) is 12.2 Å². The zero-order valence-corrected chi connectivity index (χ0v) is 11.6. The third kappa shape index (κ3) is 4.08. The molecule has 4 nitrogen and oxygen atoms in total. The zero-order valence-electron chi connectivity index (χ0n) is 10.8. The van der Waals surface area contributed by atoms with Crippen LogP contribution in [0.1, 0.15) is 12.8 Å². The van der Waals surface area contributed by atoms with Gasteiger partial charge in [-0.1, -0.05) is 0 Å². The van der Waals surface area contributed by atoms with Gasteiger partial charge in [-0.3, -0.25) is 0 Å². The summed E-state index contributed by atoms with van der Waals surface area (Å²) in [6, 6.07) is 2.56. The lowest BCUT2D eigenvalue weighted by molar-refractivity contribution is 0.0351. The Morgan fingerprint density at radius 3 is 2.65 bits per heavy atom. The molecule has 1 heterocycles. The summed E-state index contributed by atoms with van der Waals surface area (Å²) in [6.07, 6.45) is 1.26. The lowest BCUT2D eigenvalue weighted by Crippen LogP contribution is -2.46. The molecule has 1 saturated heterocycles. The minimum atomic E-state index is -1.02. The van der Waals surface area contributed by atoms with Crippen molar-refractivity contribution in [3.8, 4) is 0 Å². The average molecular weight is 302 g/mol. The van der Waals surface area contributed by atoms with Crippen molar-refractivity contribution in [2.24, 2.45) is 0 Å². The SMILES string of the molecule is O=C(NCC1(O)CCSCC1)Nc1ccc(F)c(F)c1. The van der Waals surface area contributed by atoms with Gasteiger partial charge in [0.2, 0.25) is 0 Å². The van der Waals surface area contributed by atoms with Gasteiger partial charge in [0.05, 0.1) is 5.60 Å². The minimum Gasteiger partial charge on any atom is -0.388 e. The van der Waals surface area contributed by atoms with E-state index in [4.69, 9.17) is 0 Å². The maximum absolute atomic E-state index is 13.0. The van der Waals surface area contributed by atoms with E-state index in [1.54, 1.807) is 11.8 Å². The molecule has 0 saturated carbocycles. The van der Waals surface area contributed by atoms with Gasteiger partial charge in [-0.15, -0.1) is 0 Å². The highest BCUT2D eigenvalue weighted by atomic mass is 32.2. The highest BCUT2D eigenvalue weighted by Gasteiger charge is 2.29. The van der Waals surface area contributed by atoms with Crippen LogP contribution in [0, 0.1) is 11.6 Å². The molecule has 2 rings (SSSR count). The summed E-state index contributed by atoms with van der Waals surface area (Å²) in [5.41, 5.74) is -0.719. The van der Waals surface area contributed by atoms with E-state index in [2.05, 4.69) is 10.6 Å². The molecule has 1 aromatic rings. The van der Waals surface area contributed by atoms with Crippen molar-refractivity contribution in [2.75, 3.05) is 23.4 Å². The Hall–Kier alpha value is -1.34. The Bertz CT molecular complexity index is 493. The number of aliphatic hydroxyl groups is 1. The quantitative estimate of drug-likeness (QED) is 0.803. The van der Waals surface area contributed by atoms with E-state index in [0.29, 0.717) is 12.8 Å². The summed E-state index contributed by atoms with van der Waals surface area (Å²) in [5.74, 6) is -0.262. The van der Waals surface area contributed by atoms with Crippen LogP contribution in [0.25, 0.3) is 0 Å². The predicted molar refractivity (Wildman–Crippen MR) is 74.9 cm³/mol. The molecule has 0 radical (unpaired) electrons. The number of thioether (sulfide) groups is 1. The molecule has 0 aliphatic carbocycles. The summed E-state index contributed by atoms with van der Waals surface area (Å²) in [7, 11) is 0. The average Bonchev–Trinajstić information content (AvgIpc) is 2.42. The van der Waals surface area contributed by atoms with Gasteiger partial charge in [-0.25, -0.2) is 13.6 Å². The van der Waals surface area contributed by atoms with Gasteiger partial charge in [-0.05, 0) is 36.5 Å². The molecule has 0 aromatic heterocycles. The van der Waals surface area contributed by atoms with Crippen LogP contribution in [-0.4, -0.2) is 34.8 Å². The standard InChI is InChI=1S/C13H16F2N2O2S/c14-10-2-1-9(7-11(10)15)17-12(18)16-8-13(19)3-5-20-6-4-13/h1-2,7,19H,3-6,8H2,(H2,16,17,18). The van der Waals surface area contributed by atoms with Crippen LogP contribution in [0.4, 0.5) is 19.3 Å². The zero-order chi connectivity index (χ0) is 14.6. The minimum absolute atomic E-state index is 0.142. The Morgan fingerprint density at radius 1 is 1.30 bits per heavy atom. The molecule has 1 aliphatic rings. The van der Waals surface area contributed by atoms with Crippen molar-refractivity contribution in [2.45, 2.75) is 18.4 Å². The van der Waals surface area contributed by atoms with Crippen molar-refractivity contribution >= 4 is 23.5 Å². The molecule has 110 valence electrons. The summed E-state index contributed by atoms with van der Waals surface area (Å²) in [5, 5.41) is 15.1. The first-order valence-electron chi connectivity index (χ1n) is 6.29. The number of halogens is 2. The van der Waals surface area contributed by atoms with E-state index in [1.807, 2.05) is 0 Å². The number of carbonyl (C=O) groups excluding carboxylic acids is 1. The Morgan fingerprint density at radius 2 is 2.00 bits per heavy atom. The fourth-order valence-corrected chi connectivity index (χ4v) is 3.17. The van der Waals surface area contributed by atoms with Crippen LogP contribution < -0.4 is 10.6 Å². The summed E-state index contributed by atoms with van der Waals surface area (Å²) < 4.78 is 25.7. The monoisotopic (exact) mass is 302 g/mol. The van der Waals surface area contributed by atoms with Crippen molar-refractivity contribution in [3.63, 3.8) is 0 Å². The molecule has 0 spiro atoms. The van der Waals surface area contributed by atoms with Crippen molar-refractivity contribution in [1.29, 1.82) is 0 Å². The first kappa shape index (κ1) is 15.1. The largest absolute Gasteiger partial charge is 0.388 e. The molecule has 2 amide bonds. The van der Waals surface area contributed by atoms with E-state index in [0.717, 1.165) is 23.6 Å². The predicted octanol–water partition coefficient (Wildman–Crippen LogP) is 2.34. The van der Waals surface area contributed by atoms with Crippen LogP contribution in [0.15, 0.2) is 18.2 Å². The number of urea groups is 1. The van der Waals surface area contributed by atoms with Crippen LogP contribution >= 0.6 is 11.8 Å². The number of benzene rings is 1. The third-order valence-corrected chi connectivity index (χ3v) is 4.16.